The highest BCUT2D eigenvalue weighted by Crippen LogP contribution is 2.30. The second-order valence-electron chi connectivity index (χ2n) is 6.32. The molecule has 152 valence electrons. The van der Waals surface area contributed by atoms with Gasteiger partial charge in [0.2, 0.25) is 11.7 Å². The maximum atomic E-state index is 12.9. The van der Waals surface area contributed by atoms with Gasteiger partial charge in [-0.05, 0) is 37.3 Å². The van der Waals surface area contributed by atoms with E-state index in [9.17, 15) is 4.79 Å². The van der Waals surface area contributed by atoms with Crippen LogP contribution >= 0.6 is 0 Å². The number of para-hydroxylation sites is 1. The third-order valence-electron chi connectivity index (χ3n) is 4.31. The van der Waals surface area contributed by atoms with Gasteiger partial charge in [-0.1, -0.05) is 17.3 Å². The van der Waals surface area contributed by atoms with Crippen molar-refractivity contribution >= 4 is 5.91 Å². The first-order chi connectivity index (χ1) is 14.0. The molecule has 2 aromatic carbocycles. The van der Waals surface area contributed by atoms with Crippen molar-refractivity contribution in [3.8, 4) is 17.2 Å². The normalized spacial score (nSPS) is 11.6. The van der Waals surface area contributed by atoms with Crippen molar-refractivity contribution in [2.24, 2.45) is 0 Å². The summed E-state index contributed by atoms with van der Waals surface area (Å²) in [7, 11) is 3.18. The van der Waals surface area contributed by atoms with E-state index < -0.39 is 0 Å². The number of aryl methyl sites for hydroxylation is 1. The first-order valence-corrected chi connectivity index (χ1v) is 9.05. The number of aromatic nitrogens is 2. The SMILES string of the molecule is COc1ccc(OC)c([C@@H](C)NC(=O)c2ccccc2OCc2noc(C)n2)c1. The van der Waals surface area contributed by atoms with E-state index in [0.29, 0.717) is 34.5 Å². The predicted molar refractivity (Wildman–Crippen MR) is 105 cm³/mol. The number of nitrogens with zero attached hydrogens (tertiary/aromatic N) is 2. The second-order valence-corrected chi connectivity index (χ2v) is 6.32. The molecular formula is C21H23N3O5. The maximum Gasteiger partial charge on any atom is 0.255 e. The zero-order valence-corrected chi connectivity index (χ0v) is 16.8. The van der Waals surface area contributed by atoms with Gasteiger partial charge in [-0.25, -0.2) is 0 Å². The fraction of sp³-hybridized carbons (Fsp3) is 0.286. The summed E-state index contributed by atoms with van der Waals surface area (Å²) in [6.07, 6.45) is 0. The molecule has 1 amide bonds. The van der Waals surface area contributed by atoms with Gasteiger partial charge in [-0.2, -0.15) is 4.98 Å². The number of nitrogens with one attached hydrogen (secondary N) is 1. The van der Waals surface area contributed by atoms with E-state index >= 15 is 0 Å². The number of benzene rings is 2. The van der Waals surface area contributed by atoms with E-state index in [1.807, 2.05) is 13.0 Å². The van der Waals surface area contributed by atoms with Gasteiger partial charge in [0.05, 0.1) is 25.8 Å². The Hall–Kier alpha value is -3.55. The summed E-state index contributed by atoms with van der Waals surface area (Å²) in [5, 5.41) is 6.77. The van der Waals surface area contributed by atoms with Crippen LogP contribution in [0.3, 0.4) is 0 Å². The van der Waals surface area contributed by atoms with E-state index in [2.05, 4.69) is 15.5 Å². The number of hydrogen-bond donors (Lipinski definition) is 1. The standard InChI is InChI=1S/C21H23N3O5/c1-13(17-11-15(26-3)9-10-18(17)27-4)22-21(25)16-7-5-6-8-19(16)28-12-20-23-14(2)29-24-20/h5-11,13H,12H2,1-4H3,(H,22,25)/t13-/m1/s1. The average Bonchev–Trinajstić information content (AvgIpc) is 3.16. The van der Waals surface area contributed by atoms with Gasteiger partial charge < -0.3 is 24.1 Å². The van der Waals surface area contributed by atoms with Crippen molar-refractivity contribution in [2.75, 3.05) is 14.2 Å². The average molecular weight is 397 g/mol. The minimum absolute atomic E-state index is 0.0981. The third-order valence-corrected chi connectivity index (χ3v) is 4.31. The van der Waals surface area contributed by atoms with Crippen molar-refractivity contribution < 1.29 is 23.5 Å². The van der Waals surface area contributed by atoms with E-state index in [0.717, 1.165) is 5.56 Å². The number of rotatable bonds is 8. The highest BCUT2D eigenvalue weighted by atomic mass is 16.5. The summed E-state index contributed by atoms with van der Waals surface area (Å²) in [6, 6.07) is 12.1. The molecule has 0 aliphatic carbocycles. The molecule has 0 unspecified atom stereocenters. The van der Waals surface area contributed by atoms with Crippen LogP contribution in [0.2, 0.25) is 0 Å². The molecule has 0 aliphatic heterocycles. The van der Waals surface area contributed by atoms with Gasteiger partial charge in [0.25, 0.3) is 5.91 Å². The lowest BCUT2D eigenvalue weighted by Crippen LogP contribution is -2.27. The largest absolute Gasteiger partial charge is 0.497 e. The molecule has 0 fully saturated rings. The highest BCUT2D eigenvalue weighted by Gasteiger charge is 2.19. The van der Waals surface area contributed by atoms with Gasteiger partial charge in [-0.15, -0.1) is 0 Å². The Balaban J connectivity index is 1.75. The molecule has 1 N–H and O–H groups in total. The van der Waals surface area contributed by atoms with Gasteiger partial charge in [-0.3, -0.25) is 4.79 Å². The molecular weight excluding hydrogens is 374 g/mol. The fourth-order valence-electron chi connectivity index (χ4n) is 2.85. The molecule has 1 atom stereocenters. The lowest BCUT2D eigenvalue weighted by molar-refractivity contribution is 0.0934. The maximum absolute atomic E-state index is 12.9. The van der Waals surface area contributed by atoms with Gasteiger partial charge in [0, 0.05) is 12.5 Å². The van der Waals surface area contributed by atoms with Crippen LogP contribution in [-0.4, -0.2) is 30.3 Å². The summed E-state index contributed by atoms with van der Waals surface area (Å²) < 4.78 is 21.4. The van der Waals surface area contributed by atoms with E-state index in [1.54, 1.807) is 57.5 Å². The Morgan fingerprint density at radius 2 is 1.93 bits per heavy atom. The summed E-state index contributed by atoms with van der Waals surface area (Å²) in [6.45, 7) is 3.67. The van der Waals surface area contributed by atoms with Crippen LogP contribution in [0.4, 0.5) is 0 Å². The Morgan fingerprint density at radius 3 is 2.62 bits per heavy atom. The molecule has 0 bridgehead atoms. The number of carbonyl (C=O) groups is 1. The van der Waals surface area contributed by atoms with Crippen LogP contribution in [0, 0.1) is 6.92 Å². The van der Waals surface area contributed by atoms with E-state index in [-0.39, 0.29) is 18.6 Å². The van der Waals surface area contributed by atoms with Gasteiger partial charge >= 0.3 is 0 Å². The minimum Gasteiger partial charge on any atom is -0.497 e. The molecule has 3 aromatic rings. The Bertz CT molecular complexity index is 986. The van der Waals surface area contributed by atoms with Crippen molar-refractivity contribution in [1.29, 1.82) is 0 Å². The van der Waals surface area contributed by atoms with Crippen molar-refractivity contribution in [2.45, 2.75) is 26.5 Å². The number of hydrogen-bond acceptors (Lipinski definition) is 7. The van der Waals surface area contributed by atoms with Gasteiger partial charge in [0.1, 0.15) is 17.2 Å². The molecule has 0 saturated heterocycles. The van der Waals surface area contributed by atoms with Gasteiger partial charge in [0.15, 0.2) is 6.61 Å². The van der Waals surface area contributed by atoms with Crippen LogP contribution in [0.25, 0.3) is 0 Å². The lowest BCUT2D eigenvalue weighted by Gasteiger charge is -2.19. The second kappa shape index (κ2) is 9.09. The van der Waals surface area contributed by atoms with Crippen molar-refractivity contribution in [1.82, 2.24) is 15.5 Å². The molecule has 8 heteroatoms. The van der Waals surface area contributed by atoms with Crippen LogP contribution in [0.15, 0.2) is 47.0 Å². The molecule has 1 aromatic heterocycles. The quantitative estimate of drug-likeness (QED) is 0.622. The molecule has 3 rings (SSSR count). The summed E-state index contributed by atoms with van der Waals surface area (Å²) in [5.74, 6) is 2.36. The molecule has 29 heavy (non-hydrogen) atoms. The lowest BCUT2D eigenvalue weighted by atomic mass is 10.1. The van der Waals surface area contributed by atoms with Crippen LogP contribution in [-0.2, 0) is 6.61 Å². The molecule has 1 heterocycles. The monoisotopic (exact) mass is 397 g/mol. The smallest absolute Gasteiger partial charge is 0.255 e. The zero-order valence-electron chi connectivity index (χ0n) is 16.8. The van der Waals surface area contributed by atoms with Crippen molar-refractivity contribution in [3.05, 3.63) is 65.3 Å². The topological polar surface area (TPSA) is 95.7 Å². The summed E-state index contributed by atoms with van der Waals surface area (Å²) in [4.78, 5) is 17.0. The van der Waals surface area contributed by atoms with Crippen LogP contribution in [0.1, 0.15) is 40.6 Å². The zero-order chi connectivity index (χ0) is 20.8. The Morgan fingerprint density at radius 1 is 1.14 bits per heavy atom. The Kier molecular flexibility index (Phi) is 6.33. The third kappa shape index (κ3) is 4.84. The number of ether oxygens (including phenoxy) is 3. The predicted octanol–water partition coefficient (Wildman–Crippen LogP) is 3.47. The van der Waals surface area contributed by atoms with E-state index in [4.69, 9.17) is 18.7 Å². The molecule has 8 nitrogen and oxygen atoms in total. The van der Waals surface area contributed by atoms with Crippen molar-refractivity contribution in [3.63, 3.8) is 0 Å². The number of amides is 1. The number of carbonyl (C=O) groups excluding carboxylic acids is 1. The first kappa shape index (κ1) is 20.2. The molecule has 0 spiro atoms. The molecule has 0 saturated carbocycles. The summed E-state index contributed by atoms with van der Waals surface area (Å²) >= 11 is 0. The fourth-order valence-corrected chi connectivity index (χ4v) is 2.85. The van der Waals surface area contributed by atoms with Crippen LogP contribution in [0.5, 0.6) is 17.2 Å². The highest BCUT2D eigenvalue weighted by molar-refractivity contribution is 5.97. The minimum atomic E-state index is -0.319. The molecule has 0 radical (unpaired) electrons. The molecule has 0 aliphatic rings. The van der Waals surface area contributed by atoms with Crippen LogP contribution < -0.4 is 19.5 Å². The van der Waals surface area contributed by atoms with E-state index in [1.165, 1.54) is 0 Å². The summed E-state index contributed by atoms with van der Waals surface area (Å²) in [5.41, 5.74) is 1.21. The number of methoxy groups -OCH3 is 2. The first-order valence-electron chi connectivity index (χ1n) is 9.05. The Labute approximate surface area is 168 Å².